The molecule has 2 aromatic rings. The molecule has 18 heteroatoms. The van der Waals surface area contributed by atoms with Gasteiger partial charge in [-0.2, -0.15) is 14.0 Å². The van der Waals surface area contributed by atoms with Crippen LogP contribution in [0.1, 0.15) is 25.2 Å². The lowest BCUT2D eigenvalue weighted by Crippen LogP contribution is -2.71. The summed E-state index contributed by atoms with van der Waals surface area (Å²) in [6.07, 6.45) is 4.45. The smallest absolute Gasteiger partial charge is 0.352 e. The number of anilines is 1. The van der Waals surface area contributed by atoms with Crippen LogP contribution in [0.3, 0.4) is 0 Å². The summed E-state index contributed by atoms with van der Waals surface area (Å²) in [7, 11) is 1.82. The highest BCUT2D eigenvalue weighted by atomic mass is 32.2. The molecular weight excluding hydrogens is 566 g/mol. The highest BCUT2D eigenvalue weighted by Gasteiger charge is 2.54. The highest BCUT2D eigenvalue weighted by Crippen LogP contribution is 2.40. The molecule has 2 atom stereocenters. The first-order chi connectivity index (χ1) is 18.8. The topological polar surface area (TPSA) is 232 Å². The van der Waals surface area contributed by atoms with Crippen LogP contribution in [0.25, 0.3) is 0 Å². The van der Waals surface area contributed by atoms with Crippen molar-refractivity contribution >= 4 is 57.9 Å². The van der Waals surface area contributed by atoms with Gasteiger partial charge < -0.3 is 31.8 Å². The number of aryl methyl sites for hydroxylation is 1. The number of aromatic nitrogens is 4. The maximum atomic E-state index is 13.2. The van der Waals surface area contributed by atoms with E-state index in [4.69, 9.17) is 16.3 Å². The zero-order valence-electron chi connectivity index (χ0n) is 21.7. The van der Waals surface area contributed by atoms with Crippen LogP contribution in [0.2, 0.25) is 0 Å². The molecule has 0 aromatic carbocycles. The lowest BCUT2D eigenvalue weighted by molar-refractivity contribution is -0.753. The van der Waals surface area contributed by atoms with Gasteiger partial charge in [-0.3, -0.25) is 14.5 Å². The Labute approximate surface area is 235 Å². The third kappa shape index (κ3) is 5.63. The molecule has 4 rings (SSSR count). The van der Waals surface area contributed by atoms with Gasteiger partial charge in [0.1, 0.15) is 23.7 Å². The molecule has 214 valence electrons. The number of carbonyl (C=O) groups excluding carboxylic acids is 2. The number of β-lactam (4-membered cyclic amide) rings is 1. The Morgan fingerprint density at radius 1 is 1.35 bits per heavy atom. The van der Waals surface area contributed by atoms with Gasteiger partial charge in [0.05, 0.1) is 6.20 Å². The van der Waals surface area contributed by atoms with Crippen molar-refractivity contribution in [1.29, 1.82) is 0 Å². The normalized spacial score (nSPS) is 19.2. The van der Waals surface area contributed by atoms with E-state index < -0.39 is 46.5 Å². The quantitative estimate of drug-likeness (QED) is 0.0845. The minimum atomic E-state index is -1.78. The maximum Gasteiger partial charge on any atom is 0.352 e. The van der Waals surface area contributed by atoms with Crippen molar-refractivity contribution in [3.05, 3.63) is 35.1 Å². The molecule has 0 bridgehead atoms. The Hall–Kier alpha value is -4.03. The number of carboxylic acids is 2. The number of carboxylic acid groups (broad SMARTS) is 2. The van der Waals surface area contributed by atoms with Gasteiger partial charge in [-0.1, -0.05) is 5.16 Å². The number of nitrogen functional groups attached to an aromatic ring is 1. The number of hydrogen-bond acceptors (Lipinski definition) is 12. The fraction of sp³-hybridized carbons (Fsp3) is 0.455. The monoisotopic (exact) mass is 594 g/mol. The van der Waals surface area contributed by atoms with Crippen LogP contribution in [-0.2, 0) is 44.0 Å². The molecule has 1 saturated heterocycles. The van der Waals surface area contributed by atoms with E-state index >= 15 is 0 Å². The number of nitrogens with one attached hydrogen (secondary N) is 1. The fourth-order valence-electron chi connectivity index (χ4n) is 4.01. The second kappa shape index (κ2) is 11.2. The van der Waals surface area contributed by atoms with Gasteiger partial charge >= 0.3 is 11.9 Å². The average Bonchev–Trinajstić information content (AvgIpc) is 3.46. The largest absolute Gasteiger partial charge is 0.478 e. The van der Waals surface area contributed by atoms with Crippen LogP contribution in [-0.4, -0.2) is 87.9 Å². The van der Waals surface area contributed by atoms with Crippen LogP contribution in [0, 0.1) is 0 Å². The molecule has 0 radical (unpaired) electrons. The summed E-state index contributed by atoms with van der Waals surface area (Å²) < 4.78 is 7.59. The van der Waals surface area contributed by atoms with E-state index in [2.05, 4.69) is 19.8 Å². The van der Waals surface area contributed by atoms with Gasteiger partial charge in [-0.05, 0) is 32.4 Å². The molecule has 1 fully saturated rings. The van der Waals surface area contributed by atoms with E-state index in [1.165, 1.54) is 25.6 Å². The Morgan fingerprint density at radius 3 is 2.67 bits per heavy atom. The van der Waals surface area contributed by atoms with Crippen LogP contribution in [0.4, 0.5) is 5.13 Å². The number of nitrogens with zero attached hydrogens (tertiary/aromatic N) is 6. The first-order valence-electron chi connectivity index (χ1n) is 11.9. The standard InChI is InChI=1S/C22H27N9O7S2/c1-22(2,20(36)37)38-27-12(15-26-21(24)40-28-15)16(32)25-13-17(33)31-14(19(34)35)11(9-39-18(13)31)8-30-7-10(4-5-23)6-29(30)3/h6-7,13,18H,4-5,8-9,23H2,1-3H3,(H4-,24,25,26,28,32,34,35,36,37)/p+1/b27-12+/t13-,18-/m1/s1. The van der Waals surface area contributed by atoms with Crippen molar-refractivity contribution in [2.75, 3.05) is 18.0 Å². The number of thioether (sulfide) groups is 1. The number of fused-ring (bicyclic) bond motifs is 1. The van der Waals surface area contributed by atoms with E-state index in [0.29, 0.717) is 24.3 Å². The van der Waals surface area contributed by atoms with Crippen LogP contribution in [0.15, 0.2) is 28.8 Å². The summed E-state index contributed by atoms with van der Waals surface area (Å²) in [6, 6.07) is -1.08. The molecule has 0 unspecified atom stereocenters. The third-order valence-corrected chi connectivity index (χ3v) is 8.03. The van der Waals surface area contributed by atoms with Crippen LogP contribution < -0.4 is 21.5 Å². The zero-order chi connectivity index (χ0) is 29.4. The van der Waals surface area contributed by atoms with Crippen molar-refractivity contribution in [3.63, 3.8) is 0 Å². The lowest BCUT2D eigenvalue weighted by atomic mass is 10.0. The van der Waals surface area contributed by atoms with E-state index in [1.54, 1.807) is 0 Å². The molecule has 2 aromatic heterocycles. The number of hydrogen-bond donors (Lipinski definition) is 5. The van der Waals surface area contributed by atoms with E-state index in [1.807, 2.05) is 28.8 Å². The third-order valence-electron chi connectivity index (χ3n) is 6.14. The predicted molar refractivity (Wildman–Crippen MR) is 142 cm³/mol. The van der Waals surface area contributed by atoms with Crippen LogP contribution >= 0.6 is 23.3 Å². The van der Waals surface area contributed by atoms with Gasteiger partial charge in [0.25, 0.3) is 11.8 Å². The van der Waals surface area contributed by atoms with E-state index in [9.17, 15) is 29.4 Å². The number of oxime groups is 1. The highest BCUT2D eigenvalue weighted by molar-refractivity contribution is 8.00. The molecule has 16 nitrogen and oxygen atoms in total. The van der Waals surface area contributed by atoms with Crippen molar-refractivity contribution < 1.29 is 38.9 Å². The molecule has 0 aliphatic carbocycles. The van der Waals surface area contributed by atoms with Crippen molar-refractivity contribution in [1.82, 2.24) is 24.3 Å². The van der Waals surface area contributed by atoms with Crippen molar-refractivity contribution in [2.24, 2.45) is 17.9 Å². The predicted octanol–water partition coefficient (Wildman–Crippen LogP) is -1.73. The summed E-state index contributed by atoms with van der Waals surface area (Å²) in [5.74, 6) is -4.06. The fourth-order valence-corrected chi connectivity index (χ4v) is 5.78. The molecule has 40 heavy (non-hydrogen) atoms. The van der Waals surface area contributed by atoms with Gasteiger partial charge in [-0.25, -0.2) is 9.59 Å². The summed E-state index contributed by atoms with van der Waals surface area (Å²) in [4.78, 5) is 60.1. The molecular formula is C22H28N9O7S2+. The van der Waals surface area contributed by atoms with Crippen molar-refractivity contribution in [3.8, 4) is 0 Å². The summed E-state index contributed by atoms with van der Waals surface area (Å²) >= 11 is 2.08. The van der Waals surface area contributed by atoms with Gasteiger partial charge in [-0.15, -0.1) is 16.4 Å². The minimum absolute atomic E-state index is 0.0248. The molecule has 2 amide bonds. The zero-order valence-corrected chi connectivity index (χ0v) is 23.4. The Morgan fingerprint density at radius 2 is 2.08 bits per heavy atom. The SMILES string of the molecule is C[n+]1cc(CCN)cn1CC1=C(C(=O)O)N2C(=O)[C@@H](NC(=O)/C(=N/OC(C)(C)C(=O)O)c3nsc(N)n3)[C@H]2SC1. The second-order valence-corrected chi connectivity index (χ2v) is 11.4. The Kier molecular flexibility index (Phi) is 8.13. The Bertz CT molecular complexity index is 1430. The van der Waals surface area contributed by atoms with Gasteiger partial charge in [0.2, 0.25) is 17.1 Å². The lowest BCUT2D eigenvalue weighted by Gasteiger charge is -2.49. The molecule has 0 spiro atoms. The minimum Gasteiger partial charge on any atom is -0.478 e. The van der Waals surface area contributed by atoms with E-state index in [-0.39, 0.29) is 23.2 Å². The summed E-state index contributed by atoms with van der Waals surface area (Å²) in [5.41, 5.74) is 10.4. The van der Waals surface area contributed by atoms with Gasteiger partial charge in [0.15, 0.2) is 18.4 Å². The number of aliphatic carboxylic acids is 2. The molecule has 2 aliphatic heterocycles. The first-order valence-corrected chi connectivity index (χ1v) is 13.7. The maximum absolute atomic E-state index is 13.2. The molecule has 7 N–H and O–H groups in total. The molecule has 0 saturated carbocycles. The second-order valence-electron chi connectivity index (χ2n) is 9.46. The number of amides is 2. The molecule has 4 heterocycles. The Balaban J connectivity index is 1.55. The number of rotatable bonds is 11. The van der Waals surface area contributed by atoms with Crippen LogP contribution in [0.5, 0.6) is 0 Å². The average molecular weight is 595 g/mol. The molecule has 2 aliphatic rings. The number of carbonyl (C=O) groups is 4. The summed E-state index contributed by atoms with van der Waals surface area (Å²) in [6.45, 7) is 3.18. The number of nitrogens with two attached hydrogens (primary N) is 2. The first kappa shape index (κ1) is 29.0. The summed E-state index contributed by atoms with van der Waals surface area (Å²) in [5, 5.41) is 24.8. The van der Waals surface area contributed by atoms with Crippen molar-refractivity contribution in [2.45, 2.75) is 43.8 Å². The van der Waals surface area contributed by atoms with Gasteiger partial charge in [0, 0.05) is 22.8 Å². The van der Waals surface area contributed by atoms with E-state index in [0.717, 1.165) is 22.0 Å².